The number of amides is 1. The third-order valence-corrected chi connectivity index (χ3v) is 4.83. The molecule has 0 bridgehead atoms. The van der Waals surface area contributed by atoms with Crippen LogP contribution in [0.15, 0.2) is 58.7 Å². The van der Waals surface area contributed by atoms with Crippen LogP contribution in [0.5, 0.6) is 0 Å². The number of amidine groups is 1. The summed E-state index contributed by atoms with van der Waals surface area (Å²) in [5, 5.41) is 31.8. The van der Waals surface area contributed by atoms with Crippen LogP contribution in [0.2, 0.25) is 0 Å². The number of rotatable bonds is 6. The Morgan fingerprint density at radius 1 is 1.07 bits per heavy atom. The lowest BCUT2D eigenvalue weighted by molar-refractivity contribution is -0.385. The third-order valence-electron chi connectivity index (χ3n) is 3.76. The van der Waals surface area contributed by atoms with Crippen LogP contribution in [0.1, 0.15) is 11.1 Å². The van der Waals surface area contributed by atoms with Gasteiger partial charge in [-0.2, -0.15) is 5.10 Å². The summed E-state index contributed by atoms with van der Waals surface area (Å²) >= 11 is 1.17. The normalized spacial score (nSPS) is 17.8. The second kappa shape index (κ2) is 8.39. The van der Waals surface area contributed by atoms with Crippen molar-refractivity contribution in [1.29, 1.82) is 0 Å². The number of carbonyl (C=O) groups is 1. The van der Waals surface area contributed by atoms with Crippen molar-refractivity contribution in [2.24, 2.45) is 10.2 Å². The zero-order valence-corrected chi connectivity index (χ0v) is 15.0. The molecule has 142 valence electrons. The number of nitro benzene ring substituents is 2. The van der Waals surface area contributed by atoms with Crippen molar-refractivity contribution >= 4 is 40.4 Å². The fourth-order valence-electron chi connectivity index (χ4n) is 2.46. The third kappa shape index (κ3) is 4.76. The number of nitro groups is 2. The molecule has 1 heterocycles. The molecule has 28 heavy (non-hydrogen) atoms. The molecule has 1 unspecified atom stereocenters. The van der Waals surface area contributed by atoms with Crippen molar-refractivity contribution in [3.63, 3.8) is 0 Å². The minimum absolute atomic E-state index is 0.0312. The zero-order chi connectivity index (χ0) is 20.1. The van der Waals surface area contributed by atoms with Crippen LogP contribution < -0.4 is 5.32 Å². The van der Waals surface area contributed by atoms with E-state index < -0.39 is 15.1 Å². The van der Waals surface area contributed by atoms with E-state index in [9.17, 15) is 25.0 Å². The summed E-state index contributed by atoms with van der Waals surface area (Å²) in [5.41, 5.74) is 1.08. The Morgan fingerprint density at radius 2 is 1.75 bits per heavy atom. The molecule has 10 nitrogen and oxygen atoms in total. The summed E-state index contributed by atoms with van der Waals surface area (Å²) in [4.78, 5) is 32.7. The molecule has 0 spiro atoms. The molecule has 0 aliphatic carbocycles. The second-order valence-electron chi connectivity index (χ2n) is 5.73. The van der Waals surface area contributed by atoms with Gasteiger partial charge in [-0.25, -0.2) is 0 Å². The molecule has 1 fully saturated rings. The highest BCUT2D eigenvalue weighted by molar-refractivity contribution is 8.15. The number of non-ortho nitro benzene ring substituents is 2. The highest BCUT2D eigenvalue weighted by Gasteiger charge is 2.30. The number of nitrogens with one attached hydrogen (secondary N) is 1. The first kappa shape index (κ1) is 19.2. The number of hydrogen-bond acceptors (Lipinski definition) is 8. The van der Waals surface area contributed by atoms with Crippen LogP contribution in [-0.2, 0) is 11.2 Å². The number of thioether (sulfide) groups is 1. The van der Waals surface area contributed by atoms with Gasteiger partial charge in [0.1, 0.15) is 0 Å². The van der Waals surface area contributed by atoms with Crippen molar-refractivity contribution < 1.29 is 14.6 Å². The molecule has 0 aromatic heterocycles. The maximum Gasteiger partial charge on any atom is 0.270 e. The minimum atomic E-state index is -0.505. The van der Waals surface area contributed by atoms with Crippen molar-refractivity contribution in [2.75, 3.05) is 0 Å². The molecule has 1 N–H and O–H groups in total. The van der Waals surface area contributed by atoms with E-state index in [1.807, 2.05) is 0 Å². The lowest BCUT2D eigenvalue weighted by atomic mass is 10.1. The first-order valence-electron chi connectivity index (χ1n) is 7.99. The molecular formula is C17H13N5O5S. The lowest BCUT2D eigenvalue weighted by Crippen LogP contribution is -2.25. The molecule has 1 aliphatic rings. The van der Waals surface area contributed by atoms with E-state index in [1.165, 1.54) is 48.3 Å². The van der Waals surface area contributed by atoms with Gasteiger partial charge in [0.2, 0.25) is 5.91 Å². The Morgan fingerprint density at radius 3 is 2.46 bits per heavy atom. The molecule has 1 saturated heterocycles. The molecular weight excluding hydrogens is 386 g/mol. The largest absolute Gasteiger partial charge is 0.303 e. The summed E-state index contributed by atoms with van der Waals surface area (Å²) in [6, 6.07) is 12.0. The van der Waals surface area contributed by atoms with Crippen LogP contribution >= 0.6 is 11.8 Å². The minimum Gasteiger partial charge on any atom is -0.303 e. The Hall–Kier alpha value is -3.60. The summed E-state index contributed by atoms with van der Waals surface area (Å²) in [7, 11) is 0. The van der Waals surface area contributed by atoms with Gasteiger partial charge in [0.25, 0.3) is 11.4 Å². The highest BCUT2D eigenvalue weighted by Crippen LogP contribution is 2.25. The van der Waals surface area contributed by atoms with Gasteiger partial charge in [0, 0.05) is 29.8 Å². The molecule has 1 atom stereocenters. The van der Waals surface area contributed by atoms with Gasteiger partial charge in [-0.3, -0.25) is 25.0 Å². The van der Waals surface area contributed by atoms with E-state index in [0.717, 1.165) is 0 Å². The fraction of sp³-hybridized carbons (Fsp3) is 0.118. The summed E-state index contributed by atoms with van der Waals surface area (Å²) in [6.07, 6.45) is 1.66. The average Bonchev–Trinajstić information content (AvgIpc) is 3.01. The number of carbonyl (C=O) groups excluding carboxylic acids is 1. The summed E-state index contributed by atoms with van der Waals surface area (Å²) in [6.45, 7) is 0. The Balaban J connectivity index is 1.65. The maximum atomic E-state index is 12.1. The van der Waals surface area contributed by atoms with Crippen LogP contribution in [0, 0.1) is 20.2 Å². The van der Waals surface area contributed by atoms with Gasteiger partial charge < -0.3 is 5.32 Å². The van der Waals surface area contributed by atoms with Gasteiger partial charge in [0.05, 0.1) is 21.3 Å². The van der Waals surface area contributed by atoms with E-state index in [4.69, 9.17) is 0 Å². The molecule has 0 radical (unpaired) electrons. The van der Waals surface area contributed by atoms with Crippen molar-refractivity contribution in [1.82, 2.24) is 5.32 Å². The van der Waals surface area contributed by atoms with Crippen molar-refractivity contribution in [3.8, 4) is 0 Å². The molecule has 11 heteroatoms. The highest BCUT2D eigenvalue weighted by atomic mass is 32.2. The van der Waals surface area contributed by atoms with E-state index in [0.29, 0.717) is 22.7 Å². The topological polar surface area (TPSA) is 140 Å². The van der Waals surface area contributed by atoms with E-state index in [1.54, 1.807) is 18.2 Å². The Labute approximate surface area is 162 Å². The maximum absolute atomic E-state index is 12.1. The lowest BCUT2D eigenvalue weighted by Gasteiger charge is -2.04. The summed E-state index contributed by atoms with van der Waals surface area (Å²) < 4.78 is 0. The van der Waals surface area contributed by atoms with Crippen LogP contribution in [0.3, 0.4) is 0 Å². The SMILES string of the molecule is O=C1N/C(=N\N=C/c2cccc([N+](=O)[O-])c2)SC1Cc1cccc([N+](=O)[O-])c1. The van der Waals surface area contributed by atoms with Gasteiger partial charge in [-0.05, 0) is 12.0 Å². The number of hydrogen-bond donors (Lipinski definition) is 1. The second-order valence-corrected chi connectivity index (χ2v) is 6.92. The van der Waals surface area contributed by atoms with Crippen LogP contribution in [0.25, 0.3) is 0 Å². The first-order valence-corrected chi connectivity index (χ1v) is 8.86. The molecule has 0 saturated carbocycles. The number of nitrogens with zero attached hydrogens (tertiary/aromatic N) is 4. The van der Waals surface area contributed by atoms with Gasteiger partial charge in [-0.1, -0.05) is 36.0 Å². The fourth-order valence-corrected chi connectivity index (χ4v) is 3.43. The predicted molar refractivity (Wildman–Crippen MR) is 104 cm³/mol. The van der Waals surface area contributed by atoms with E-state index >= 15 is 0 Å². The first-order chi connectivity index (χ1) is 13.4. The Bertz CT molecular complexity index is 1010. The number of benzene rings is 2. The van der Waals surface area contributed by atoms with Crippen LogP contribution in [0.4, 0.5) is 11.4 Å². The molecule has 2 aromatic rings. The molecule has 1 aliphatic heterocycles. The van der Waals surface area contributed by atoms with Crippen molar-refractivity contribution in [3.05, 3.63) is 79.9 Å². The molecule has 3 rings (SSSR count). The Kier molecular flexibility index (Phi) is 5.75. The van der Waals surface area contributed by atoms with Gasteiger partial charge in [0.15, 0.2) is 5.17 Å². The summed E-state index contributed by atoms with van der Waals surface area (Å²) in [5.74, 6) is -0.263. The zero-order valence-electron chi connectivity index (χ0n) is 14.2. The van der Waals surface area contributed by atoms with Crippen LogP contribution in [-0.4, -0.2) is 32.4 Å². The standard InChI is InChI=1S/C17H13N5O5S/c23-16-15(9-11-3-1-5-13(7-11)21(24)25)28-17(19-16)20-18-10-12-4-2-6-14(8-12)22(26)27/h1-8,10,15H,9H2,(H,19,20,23)/b18-10-. The monoisotopic (exact) mass is 399 g/mol. The van der Waals surface area contributed by atoms with Crippen molar-refractivity contribution in [2.45, 2.75) is 11.7 Å². The smallest absolute Gasteiger partial charge is 0.270 e. The van der Waals surface area contributed by atoms with E-state index in [2.05, 4.69) is 15.5 Å². The van der Waals surface area contributed by atoms with Gasteiger partial charge in [-0.15, -0.1) is 5.10 Å². The average molecular weight is 399 g/mol. The quantitative estimate of drug-likeness (QED) is 0.450. The van der Waals surface area contributed by atoms with Gasteiger partial charge >= 0.3 is 0 Å². The molecule has 1 amide bonds. The predicted octanol–water partition coefficient (Wildman–Crippen LogP) is 2.67. The molecule has 2 aromatic carbocycles. The van der Waals surface area contributed by atoms with E-state index in [-0.39, 0.29) is 17.3 Å².